The van der Waals surface area contributed by atoms with Gasteiger partial charge in [-0.15, -0.1) is 0 Å². The van der Waals surface area contributed by atoms with Crippen molar-refractivity contribution in [3.8, 4) is 5.75 Å². The van der Waals surface area contributed by atoms with Gasteiger partial charge in [0.15, 0.2) is 0 Å². The van der Waals surface area contributed by atoms with Crippen LogP contribution in [-0.2, 0) is 0 Å². The third-order valence-electron chi connectivity index (χ3n) is 5.78. The molecule has 0 spiro atoms. The lowest BCUT2D eigenvalue weighted by Crippen LogP contribution is -2.32. The molecular formula is C23H28N4OS. The van der Waals surface area contributed by atoms with E-state index >= 15 is 0 Å². The second kappa shape index (κ2) is 8.51. The molecule has 1 aliphatic rings. The number of ether oxygens (including phenoxy) is 1. The molecule has 1 aliphatic heterocycles. The van der Waals surface area contributed by atoms with Crippen LogP contribution in [0.4, 0.5) is 11.4 Å². The highest BCUT2D eigenvalue weighted by molar-refractivity contribution is 8.00. The van der Waals surface area contributed by atoms with Crippen LogP contribution in [0.15, 0.2) is 66.1 Å². The molecule has 29 heavy (non-hydrogen) atoms. The first-order valence-corrected chi connectivity index (χ1v) is 11.0. The molecule has 0 saturated heterocycles. The summed E-state index contributed by atoms with van der Waals surface area (Å²) in [5.41, 5.74) is 9.84. The number of hydrogen-bond donors (Lipinski definition) is 1. The van der Waals surface area contributed by atoms with Crippen LogP contribution in [0.1, 0.15) is 38.3 Å². The van der Waals surface area contributed by atoms with Crippen molar-refractivity contribution in [3.63, 3.8) is 0 Å². The lowest BCUT2D eigenvalue weighted by molar-refractivity contribution is 0.355. The predicted molar refractivity (Wildman–Crippen MR) is 120 cm³/mol. The lowest BCUT2D eigenvalue weighted by Gasteiger charge is -2.28. The fourth-order valence-corrected chi connectivity index (χ4v) is 5.28. The van der Waals surface area contributed by atoms with Gasteiger partial charge in [0.2, 0.25) is 0 Å². The standard InChI is InChI=1S/C23H28N4OS/c1-4-16(5-2)22(26-13-12-25-15-26)17-6-8-18(9-7-17)27-20-11-10-19(28-3)14-21(20)29-23(27)24/h6-16,22-23H,4-5,24H2,1-3H3. The summed E-state index contributed by atoms with van der Waals surface area (Å²) in [6, 6.07) is 15.2. The van der Waals surface area contributed by atoms with E-state index in [9.17, 15) is 0 Å². The van der Waals surface area contributed by atoms with Gasteiger partial charge < -0.3 is 19.9 Å². The number of nitrogens with zero attached hydrogens (tertiary/aromatic N) is 3. The van der Waals surface area contributed by atoms with Crippen LogP contribution in [0.2, 0.25) is 0 Å². The Hall–Kier alpha value is -2.44. The zero-order chi connectivity index (χ0) is 20.4. The summed E-state index contributed by atoms with van der Waals surface area (Å²) in [7, 11) is 1.69. The molecule has 0 fully saturated rings. The highest BCUT2D eigenvalue weighted by Crippen LogP contribution is 2.47. The van der Waals surface area contributed by atoms with Crippen molar-refractivity contribution in [2.75, 3.05) is 12.0 Å². The number of nitrogens with two attached hydrogens (primary N) is 1. The molecule has 0 radical (unpaired) electrons. The van der Waals surface area contributed by atoms with Gasteiger partial charge in [-0.3, -0.25) is 0 Å². The molecule has 4 rings (SSSR count). The van der Waals surface area contributed by atoms with E-state index in [0.29, 0.717) is 12.0 Å². The number of anilines is 2. The maximum Gasteiger partial charge on any atom is 0.134 e. The third-order valence-corrected chi connectivity index (χ3v) is 6.82. The predicted octanol–water partition coefficient (Wildman–Crippen LogP) is 5.40. The summed E-state index contributed by atoms with van der Waals surface area (Å²) < 4.78 is 7.58. The number of fused-ring (bicyclic) bond motifs is 1. The monoisotopic (exact) mass is 408 g/mol. The molecule has 152 valence electrons. The number of benzene rings is 2. The third kappa shape index (κ3) is 3.74. The van der Waals surface area contributed by atoms with E-state index in [2.05, 4.69) is 70.9 Å². The van der Waals surface area contributed by atoms with Gasteiger partial charge in [-0.25, -0.2) is 4.98 Å². The average molecular weight is 409 g/mol. The summed E-state index contributed by atoms with van der Waals surface area (Å²) in [5.74, 6) is 1.42. The van der Waals surface area contributed by atoms with Gasteiger partial charge in [-0.1, -0.05) is 50.6 Å². The fraction of sp³-hybridized carbons (Fsp3) is 0.348. The number of rotatable bonds is 7. The smallest absolute Gasteiger partial charge is 0.134 e. The maximum absolute atomic E-state index is 6.45. The Morgan fingerprint density at radius 1 is 1.14 bits per heavy atom. The van der Waals surface area contributed by atoms with Gasteiger partial charge in [0.1, 0.15) is 11.2 Å². The highest BCUT2D eigenvalue weighted by atomic mass is 32.2. The summed E-state index contributed by atoms with van der Waals surface area (Å²) in [6.07, 6.45) is 8.10. The zero-order valence-corrected chi connectivity index (χ0v) is 18.0. The summed E-state index contributed by atoms with van der Waals surface area (Å²) >= 11 is 1.66. The van der Waals surface area contributed by atoms with E-state index in [1.165, 1.54) is 5.56 Å². The van der Waals surface area contributed by atoms with Gasteiger partial charge in [-0.2, -0.15) is 0 Å². The first-order valence-electron chi connectivity index (χ1n) is 10.1. The molecule has 2 N–H and O–H groups in total. The topological polar surface area (TPSA) is 56.3 Å². The van der Waals surface area contributed by atoms with Gasteiger partial charge in [0.05, 0.1) is 25.2 Å². The summed E-state index contributed by atoms with van der Waals surface area (Å²) in [4.78, 5) is 7.61. The van der Waals surface area contributed by atoms with E-state index in [-0.39, 0.29) is 5.50 Å². The maximum atomic E-state index is 6.45. The zero-order valence-electron chi connectivity index (χ0n) is 17.2. The lowest BCUT2D eigenvalue weighted by atomic mass is 9.88. The van der Waals surface area contributed by atoms with E-state index in [4.69, 9.17) is 10.5 Å². The number of thioether (sulfide) groups is 1. The largest absolute Gasteiger partial charge is 0.497 e. The Labute approximate surface area is 176 Å². The number of methoxy groups -OCH3 is 1. The molecule has 0 amide bonds. The van der Waals surface area contributed by atoms with E-state index in [0.717, 1.165) is 34.9 Å². The van der Waals surface area contributed by atoms with E-state index in [1.54, 1.807) is 18.9 Å². The van der Waals surface area contributed by atoms with Gasteiger partial charge in [0, 0.05) is 23.0 Å². The van der Waals surface area contributed by atoms with Gasteiger partial charge >= 0.3 is 0 Å². The van der Waals surface area contributed by atoms with Crippen LogP contribution in [0.25, 0.3) is 0 Å². The van der Waals surface area contributed by atoms with Crippen molar-refractivity contribution in [1.82, 2.24) is 9.55 Å². The second-order valence-electron chi connectivity index (χ2n) is 7.33. The molecule has 6 heteroatoms. The molecule has 1 aromatic heterocycles. The average Bonchev–Trinajstić information content (AvgIpc) is 3.38. The molecule has 5 nitrogen and oxygen atoms in total. The number of aromatic nitrogens is 2. The Morgan fingerprint density at radius 3 is 2.52 bits per heavy atom. The first-order chi connectivity index (χ1) is 14.2. The van der Waals surface area contributed by atoms with Crippen LogP contribution in [0.3, 0.4) is 0 Å². The normalized spacial score (nSPS) is 16.9. The van der Waals surface area contributed by atoms with Crippen molar-refractivity contribution in [2.24, 2.45) is 11.7 Å². The van der Waals surface area contributed by atoms with Crippen molar-refractivity contribution < 1.29 is 4.74 Å². The second-order valence-corrected chi connectivity index (χ2v) is 8.49. The van der Waals surface area contributed by atoms with Crippen molar-refractivity contribution in [2.45, 2.75) is 43.1 Å². The Bertz CT molecular complexity index is 938. The van der Waals surface area contributed by atoms with Gasteiger partial charge in [0.25, 0.3) is 0 Å². The number of hydrogen-bond acceptors (Lipinski definition) is 5. The summed E-state index contributed by atoms with van der Waals surface area (Å²) in [5, 5.41) is 0. The minimum absolute atomic E-state index is 0.147. The first kappa shape index (κ1) is 19.9. The highest BCUT2D eigenvalue weighted by Gasteiger charge is 2.29. The van der Waals surface area contributed by atoms with Gasteiger partial charge in [-0.05, 0) is 41.8 Å². The van der Waals surface area contributed by atoms with Crippen molar-refractivity contribution in [1.29, 1.82) is 0 Å². The molecule has 3 aromatic rings. The Morgan fingerprint density at radius 2 is 1.90 bits per heavy atom. The molecule has 0 saturated carbocycles. The number of imidazole rings is 1. The SMILES string of the molecule is CCC(CC)C(c1ccc(N2c3ccc(OC)cc3SC2N)cc1)n1ccnc1. The summed E-state index contributed by atoms with van der Waals surface area (Å²) in [6.45, 7) is 4.52. The van der Waals surface area contributed by atoms with Crippen LogP contribution in [-0.4, -0.2) is 22.2 Å². The van der Waals surface area contributed by atoms with Crippen LogP contribution in [0, 0.1) is 5.92 Å². The molecule has 2 aromatic carbocycles. The van der Waals surface area contributed by atoms with Crippen LogP contribution >= 0.6 is 11.8 Å². The van der Waals surface area contributed by atoms with E-state index in [1.807, 2.05) is 18.6 Å². The van der Waals surface area contributed by atoms with Crippen LogP contribution in [0.5, 0.6) is 5.75 Å². The Balaban J connectivity index is 1.66. The molecule has 0 bridgehead atoms. The quantitative estimate of drug-likeness (QED) is 0.567. The molecule has 2 atom stereocenters. The van der Waals surface area contributed by atoms with Crippen molar-refractivity contribution in [3.05, 3.63) is 66.7 Å². The fourth-order valence-electron chi connectivity index (χ4n) is 4.21. The molecule has 2 heterocycles. The van der Waals surface area contributed by atoms with E-state index < -0.39 is 0 Å². The van der Waals surface area contributed by atoms with Crippen LogP contribution < -0.4 is 15.4 Å². The molecule has 2 unspecified atom stereocenters. The Kier molecular flexibility index (Phi) is 5.83. The minimum atomic E-state index is -0.147. The molecular weight excluding hydrogens is 380 g/mol. The minimum Gasteiger partial charge on any atom is -0.497 e. The van der Waals surface area contributed by atoms with Crippen molar-refractivity contribution >= 4 is 23.1 Å². The molecule has 0 aliphatic carbocycles.